The lowest BCUT2D eigenvalue weighted by Gasteiger charge is -2.17. The van der Waals surface area contributed by atoms with E-state index in [4.69, 9.17) is 11.6 Å². The number of fused-ring (bicyclic) bond motifs is 1. The van der Waals surface area contributed by atoms with Gasteiger partial charge < -0.3 is 0 Å². The molecule has 2 aromatic rings. The predicted octanol–water partition coefficient (Wildman–Crippen LogP) is 5.84. The van der Waals surface area contributed by atoms with Crippen molar-refractivity contribution >= 4 is 22.4 Å². The third-order valence-electron chi connectivity index (χ3n) is 4.26. The van der Waals surface area contributed by atoms with Crippen LogP contribution in [0.25, 0.3) is 10.8 Å². The van der Waals surface area contributed by atoms with Gasteiger partial charge in [-0.25, -0.2) is 4.39 Å². The second kappa shape index (κ2) is 5.50. The molecule has 1 aliphatic rings. The van der Waals surface area contributed by atoms with Gasteiger partial charge in [0, 0.05) is 5.39 Å². The minimum atomic E-state index is -0.163. The van der Waals surface area contributed by atoms with Crippen molar-refractivity contribution in [3.8, 4) is 0 Å². The van der Waals surface area contributed by atoms with Gasteiger partial charge in [0.15, 0.2) is 0 Å². The lowest BCUT2D eigenvalue weighted by Crippen LogP contribution is -2.01. The molecule has 0 N–H and O–H groups in total. The van der Waals surface area contributed by atoms with Gasteiger partial charge in [-0.15, -0.1) is 11.6 Å². The molecule has 1 unspecified atom stereocenters. The van der Waals surface area contributed by atoms with E-state index in [2.05, 4.69) is 0 Å². The van der Waals surface area contributed by atoms with E-state index in [-0.39, 0.29) is 11.2 Å². The number of hydrogen-bond donors (Lipinski definition) is 0. The van der Waals surface area contributed by atoms with Gasteiger partial charge in [-0.2, -0.15) is 0 Å². The van der Waals surface area contributed by atoms with Gasteiger partial charge in [0.1, 0.15) is 5.82 Å². The predicted molar refractivity (Wildman–Crippen MR) is 79.1 cm³/mol. The first-order valence-electron chi connectivity index (χ1n) is 7.07. The van der Waals surface area contributed by atoms with E-state index in [1.54, 1.807) is 6.07 Å². The summed E-state index contributed by atoms with van der Waals surface area (Å²) in [4.78, 5) is 0. The van der Waals surface area contributed by atoms with Crippen LogP contribution in [-0.2, 0) is 0 Å². The van der Waals surface area contributed by atoms with Crippen LogP contribution in [0.2, 0.25) is 0 Å². The minimum absolute atomic E-state index is 0.00593. The molecular formula is C17H18ClF. The molecule has 3 rings (SSSR count). The first-order valence-corrected chi connectivity index (χ1v) is 7.50. The topological polar surface area (TPSA) is 0 Å². The summed E-state index contributed by atoms with van der Waals surface area (Å²) in [5, 5.41) is 1.63. The van der Waals surface area contributed by atoms with Gasteiger partial charge in [-0.05, 0) is 29.4 Å². The summed E-state index contributed by atoms with van der Waals surface area (Å²) in [5.74, 6) is 0.579. The summed E-state index contributed by atoms with van der Waals surface area (Å²) < 4.78 is 13.8. The lowest BCUT2D eigenvalue weighted by molar-refractivity contribution is 0.496. The van der Waals surface area contributed by atoms with Crippen molar-refractivity contribution in [2.45, 2.75) is 37.5 Å². The molecule has 0 aromatic heterocycles. The van der Waals surface area contributed by atoms with E-state index >= 15 is 0 Å². The Bertz CT molecular complexity index is 572. The van der Waals surface area contributed by atoms with Crippen molar-refractivity contribution in [1.29, 1.82) is 0 Å². The second-order valence-corrected chi connectivity index (χ2v) is 6.06. The average Bonchev–Trinajstić information content (AvgIpc) is 2.92. The molecule has 19 heavy (non-hydrogen) atoms. The minimum Gasteiger partial charge on any atom is -0.206 e. The van der Waals surface area contributed by atoms with Crippen molar-refractivity contribution in [3.05, 3.63) is 47.8 Å². The molecule has 2 aromatic carbocycles. The highest BCUT2D eigenvalue weighted by Crippen LogP contribution is 2.38. The molecule has 0 nitrogen and oxygen atoms in total. The average molecular weight is 277 g/mol. The van der Waals surface area contributed by atoms with Gasteiger partial charge in [0.2, 0.25) is 0 Å². The van der Waals surface area contributed by atoms with E-state index in [0.717, 1.165) is 23.3 Å². The zero-order valence-electron chi connectivity index (χ0n) is 10.9. The molecule has 1 fully saturated rings. The zero-order chi connectivity index (χ0) is 13.2. The quantitative estimate of drug-likeness (QED) is 0.618. The fraction of sp³-hybridized carbons (Fsp3) is 0.412. The smallest absolute Gasteiger partial charge is 0.131 e. The molecule has 0 bridgehead atoms. The van der Waals surface area contributed by atoms with E-state index in [1.165, 1.54) is 25.7 Å². The van der Waals surface area contributed by atoms with E-state index < -0.39 is 0 Å². The molecule has 2 heteroatoms. The standard InChI is InChI=1S/C17H18ClF/c18-16(11-12-5-1-2-6-12)14-9-10-17(19)15-8-4-3-7-13(14)15/h3-4,7-10,12,16H,1-2,5-6,11H2. The van der Waals surface area contributed by atoms with E-state index in [1.807, 2.05) is 30.3 Å². The van der Waals surface area contributed by atoms with Crippen LogP contribution in [0.3, 0.4) is 0 Å². The van der Waals surface area contributed by atoms with Crippen LogP contribution in [0.4, 0.5) is 4.39 Å². The number of alkyl halides is 1. The molecule has 0 heterocycles. The maximum Gasteiger partial charge on any atom is 0.131 e. The highest BCUT2D eigenvalue weighted by atomic mass is 35.5. The van der Waals surface area contributed by atoms with Gasteiger partial charge >= 0.3 is 0 Å². The SMILES string of the molecule is Fc1ccc(C(Cl)CC2CCCC2)c2ccccc12. The first kappa shape index (κ1) is 12.9. The monoisotopic (exact) mass is 276 g/mol. The van der Waals surface area contributed by atoms with Crippen LogP contribution in [0.1, 0.15) is 43.0 Å². The van der Waals surface area contributed by atoms with Crippen LogP contribution >= 0.6 is 11.6 Å². The largest absolute Gasteiger partial charge is 0.206 e. The normalized spacial score (nSPS) is 18.0. The third kappa shape index (κ3) is 2.62. The van der Waals surface area contributed by atoms with Crippen molar-refractivity contribution in [1.82, 2.24) is 0 Å². The van der Waals surface area contributed by atoms with Gasteiger partial charge in [-0.3, -0.25) is 0 Å². The summed E-state index contributed by atoms with van der Waals surface area (Å²) in [5.41, 5.74) is 1.07. The third-order valence-corrected chi connectivity index (χ3v) is 4.67. The summed E-state index contributed by atoms with van der Waals surface area (Å²) in [6, 6.07) is 11.0. The maximum absolute atomic E-state index is 13.8. The molecule has 1 aliphatic carbocycles. The maximum atomic E-state index is 13.8. The van der Waals surface area contributed by atoms with Crippen LogP contribution in [-0.4, -0.2) is 0 Å². The number of rotatable bonds is 3. The molecule has 1 saturated carbocycles. The molecule has 0 radical (unpaired) electrons. The number of hydrogen-bond acceptors (Lipinski definition) is 0. The first-order chi connectivity index (χ1) is 9.25. The summed E-state index contributed by atoms with van der Waals surface area (Å²) >= 11 is 6.60. The second-order valence-electron chi connectivity index (χ2n) is 5.54. The summed E-state index contributed by atoms with van der Waals surface area (Å²) in [6.07, 6.45) is 6.26. The lowest BCUT2D eigenvalue weighted by atomic mass is 9.94. The molecule has 100 valence electrons. The fourth-order valence-corrected chi connectivity index (χ4v) is 3.67. The Hall–Kier alpha value is -1.08. The molecule has 1 atom stereocenters. The Morgan fingerprint density at radius 1 is 1.05 bits per heavy atom. The van der Waals surface area contributed by atoms with E-state index in [9.17, 15) is 4.39 Å². The van der Waals surface area contributed by atoms with Crippen molar-refractivity contribution < 1.29 is 4.39 Å². The van der Waals surface area contributed by atoms with Crippen LogP contribution < -0.4 is 0 Å². The van der Waals surface area contributed by atoms with Gasteiger partial charge in [-0.1, -0.05) is 56.0 Å². The van der Waals surface area contributed by atoms with Crippen LogP contribution in [0.15, 0.2) is 36.4 Å². The molecule has 0 amide bonds. The molecular weight excluding hydrogens is 259 g/mol. The Morgan fingerprint density at radius 2 is 1.74 bits per heavy atom. The summed E-state index contributed by atoms with van der Waals surface area (Å²) in [6.45, 7) is 0. The zero-order valence-corrected chi connectivity index (χ0v) is 11.7. The van der Waals surface area contributed by atoms with Crippen LogP contribution in [0, 0.1) is 11.7 Å². The van der Waals surface area contributed by atoms with Gasteiger partial charge in [0.25, 0.3) is 0 Å². The van der Waals surface area contributed by atoms with Crippen molar-refractivity contribution in [2.24, 2.45) is 5.92 Å². The van der Waals surface area contributed by atoms with Gasteiger partial charge in [0.05, 0.1) is 5.38 Å². The van der Waals surface area contributed by atoms with E-state index in [0.29, 0.717) is 5.39 Å². The Labute approximate surface area is 118 Å². The highest BCUT2D eigenvalue weighted by Gasteiger charge is 2.21. The van der Waals surface area contributed by atoms with Crippen LogP contribution in [0.5, 0.6) is 0 Å². The Kier molecular flexibility index (Phi) is 3.74. The molecule has 0 aliphatic heterocycles. The molecule has 0 saturated heterocycles. The Morgan fingerprint density at radius 3 is 2.47 bits per heavy atom. The Balaban J connectivity index is 1.93. The summed E-state index contributed by atoms with van der Waals surface area (Å²) in [7, 11) is 0. The highest BCUT2D eigenvalue weighted by molar-refractivity contribution is 6.21. The number of benzene rings is 2. The fourth-order valence-electron chi connectivity index (χ4n) is 3.22. The van der Waals surface area contributed by atoms with Crippen molar-refractivity contribution in [2.75, 3.05) is 0 Å². The number of halogens is 2. The molecule has 0 spiro atoms. The van der Waals surface area contributed by atoms with Crippen molar-refractivity contribution in [3.63, 3.8) is 0 Å².